The molecule has 0 spiro atoms. The van der Waals surface area contributed by atoms with Gasteiger partial charge in [-0.2, -0.15) is 0 Å². The molecule has 0 aliphatic rings. The van der Waals surface area contributed by atoms with Crippen molar-refractivity contribution in [2.45, 2.75) is 6.10 Å². The monoisotopic (exact) mass is 448 g/mol. The zero-order chi connectivity index (χ0) is 20.1. The van der Waals surface area contributed by atoms with Crippen LogP contribution in [0.25, 0.3) is 0 Å². The van der Waals surface area contributed by atoms with Gasteiger partial charge in [0, 0.05) is 6.07 Å². The van der Waals surface area contributed by atoms with Crippen LogP contribution in [-0.4, -0.2) is 10.9 Å². The SMILES string of the molecule is O=C(Nc1ccc(OC(c2ccccc2)c2ccccc2)nc1)c1ccc(Br)o1. The quantitative estimate of drug-likeness (QED) is 0.401. The predicted octanol–water partition coefficient (Wildman–Crippen LogP) is 5.86. The van der Waals surface area contributed by atoms with Crippen LogP contribution in [0.1, 0.15) is 27.8 Å². The third-order valence-electron chi connectivity index (χ3n) is 4.23. The molecule has 4 aromatic rings. The maximum absolute atomic E-state index is 12.2. The van der Waals surface area contributed by atoms with E-state index in [-0.39, 0.29) is 17.8 Å². The summed E-state index contributed by atoms with van der Waals surface area (Å²) >= 11 is 3.18. The third-order valence-corrected chi connectivity index (χ3v) is 4.66. The maximum atomic E-state index is 12.2. The van der Waals surface area contributed by atoms with E-state index in [0.29, 0.717) is 16.2 Å². The number of amides is 1. The Labute approximate surface area is 176 Å². The van der Waals surface area contributed by atoms with E-state index in [1.54, 1.807) is 30.5 Å². The molecule has 2 heterocycles. The lowest BCUT2D eigenvalue weighted by atomic mass is 10.0. The van der Waals surface area contributed by atoms with Gasteiger partial charge >= 0.3 is 0 Å². The van der Waals surface area contributed by atoms with Crippen LogP contribution < -0.4 is 10.1 Å². The summed E-state index contributed by atoms with van der Waals surface area (Å²) in [4.78, 5) is 16.5. The molecule has 4 rings (SSSR count). The van der Waals surface area contributed by atoms with E-state index < -0.39 is 0 Å². The van der Waals surface area contributed by atoms with E-state index in [0.717, 1.165) is 11.1 Å². The Morgan fingerprint density at radius 3 is 2.07 bits per heavy atom. The number of halogens is 1. The van der Waals surface area contributed by atoms with Crippen molar-refractivity contribution in [2.75, 3.05) is 5.32 Å². The van der Waals surface area contributed by atoms with E-state index in [2.05, 4.69) is 26.2 Å². The van der Waals surface area contributed by atoms with Crippen molar-refractivity contribution in [1.29, 1.82) is 0 Å². The van der Waals surface area contributed by atoms with Gasteiger partial charge in [-0.15, -0.1) is 0 Å². The first-order valence-corrected chi connectivity index (χ1v) is 9.77. The van der Waals surface area contributed by atoms with Gasteiger partial charge in [0.1, 0.15) is 0 Å². The smallest absolute Gasteiger partial charge is 0.291 e. The van der Waals surface area contributed by atoms with Crippen LogP contribution in [0.2, 0.25) is 0 Å². The number of nitrogens with one attached hydrogen (secondary N) is 1. The fraction of sp³-hybridized carbons (Fsp3) is 0.0435. The molecule has 0 bridgehead atoms. The molecule has 6 heteroatoms. The van der Waals surface area contributed by atoms with Gasteiger partial charge in [-0.05, 0) is 45.3 Å². The lowest BCUT2D eigenvalue weighted by Crippen LogP contribution is -2.12. The van der Waals surface area contributed by atoms with E-state index in [9.17, 15) is 4.79 Å². The van der Waals surface area contributed by atoms with Gasteiger partial charge in [-0.1, -0.05) is 60.7 Å². The highest BCUT2D eigenvalue weighted by Gasteiger charge is 2.17. The van der Waals surface area contributed by atoms with Crippen LogP contribution in [0.4, 0.5) is 5.69 Å². The average molecular weight is 449 g/mol. The first kappa shape index (κ1) is 19.0. The van der Waals surface area contributed by atoms with Crippen molar-refractivity contribution in [1.82, 2.24) is 4.98 Å². The van der Waals surface area contributed by atoms with E-state index >= 15 is 0 Å². The number of aromatic nitrogens is 1. The molecule has 0 aliphatic carbocycles. The standard InChI is InChI=1S/C23H17BrN2O3/c24-20-13-12-19(28-20)23(27)26-18-11-14-21(25-15-18)29-22(16-7-3-1-4-8-16)17-9-5-2-6-10-17/h1-15,22H,(H,26,27). The number of hydrogen-bond acceptors (Lipinski definition) is 4. The van der Waals surface area contributed by atoms with Gasteiger partial charge < -0.3 is 14.5 Å². The molecule has 1 N–H and O–H groups in total. The second kappa shape index (κ2) is 8.75. The van der Waals surface area contributed by atoms with Crippen LogP contribution in [-0.2, 0) is 0 Å². The van der Waals surface area contributed by atoms with Crippen molar-refractivity contribution in [3.63, 3.8) is 0 Å². The van der Waals surface area contributed by atoms with Crippen molar-refractivity contribution in [3.05, 3.63) is 113 Å². The number of carbonyl (C=O) groups is 1. The number of pyridine rings is 1. The average Bonchev–Trinajstić information content (AvgIpc) is 3.21. The minimum absolute atomic E-state index is 0.213. The zero-order valence-electron chi connectivity index (χ0n) is 15.3. The van der Waals surface area contributed by atoms with Gasteiger partial charge in [0.25, 0.3) is 5.91 Å². The Kier molecular flexibility index (Phi) is 5.72. The molecule has 144 valence electrons. The van der Waals surface area contributed by atoms with Gasteiger partial charge in [0.15, 0.2) is 16.5 Å². The summed E-state index contributed by atoms with van der Waals surface area (Å²) in [6.45, 7) is 0. The molecule has 0 atom stereocenters. The van der Waals surface area contributed by atoms with E-state index in [4.69, 9.17) is 9.15 Å². The number of benzene rings is 2. The highest BCUT2D eigenvalue weighted by atomic mass is 79.9. The summed E-state index contributed by atoms with van der Waals surface area (Å²) < 4.78 is 11.9. The molecule has 5 nitrogen and oxygen atoms in total. The van der Waals surface area contributed by atoms with Crippen molar-refractivity contribution in [3.8, 4) is 5.88 Å². The highest BCUT2D eigenvalue weighted by Crippen LogP contribution is 2.28. The summed E-state index contributed by atoms with van der Waals surface area (Å²) in [6, 6.07) is 26.7. The fourth-order valence-electron chi connectivity index (χ4n) is 2.86. The molecule has 0 fully saturated rings. The molecule has 29 heavy (non-hydrogen) atoms. The molecule has 0 radical (unpaired) electrons. The molecule has 2 aromatic carbocycles. The summed E-state index contributed by atoms with van der Waals surface area (Å²) in [5.41, 5.74) is 2.60. The molecule has 0 unspecified atom stereocenters. The molecule has 0 saturated heterocycles. The summed E-state index contributed by atoms with van der Waals surface area (Å²) in [6.07, 6.45) is 1.27. The van der Waals surface area contributed by atoms with Crippen molar-refractivity contribution < 1.29 is 13.9 Å². The number of furan rings is 1. The second-order valence-corrected chi connectivity index (χ2v) is 7.04. The Hall–Kier alpha value is -3.38. The molecular weight excluding hydrogens is 432 g/mol. The molecular formula is C23H17BrN2O3. The maximum Gasteiger partial charge on any atom is 0.291 e. The summed E-state index contributed by atoms with van der Waals surface area (Å²) in [5, 5.41) is 2.74. The number of rotatable bonds is 6. The summed E-state index contributed by atoms with van der Waals surface area (Å²) in [7, 11) is 0. The number of ether oxygens (including phenoxy) is 1. The Bertz CT molecular complexity index is 1040. The Morgan fingerprint density at radius 2 is 1.55 bits per heavy atom. The minimum atomic E-state index is -0.349. The lowest BCUT2D eigenvalue weighted by Gasteiger charge is -2.19. The van der Waals surface area contributed by atoms with Crippen LogP contribution >= 0.6 is 15.9 Å². The fourth-order valence-corrected chi connectivity index (χ4v) is 3.16. The highest BCUT2D eigenvalue weighted by molar-refractivity contribution is 9.10. The first-order chi connectivity index (χ1) is 14.2. The summed E-state index contributed by atoms with van der Waals surface area (Å²) in [5.74, 6) is 0.324. The largest absolute Gasteiger partial charge is 0.465 e. The number of nitrogens with zero attached hydrogens (tertiary/aromatic N) is 1. The van der Waals surface area contributed by atoms with E-state index in [1.807, 2.05) is 60.7 Å². The van der Waals surface area contributed by atoms with Crippen LogP contribution in [0.3, 0.4) is 0 Å². The van der Waals surface area contributed by atoms with Crippen LogP contribution in [0.15, 0.2) is 100 Å². The minimum Gasteiger partial charge on any atom is -0.465 e. The van der Waals surface area contributed by atoms with Crippen molar-refractivity contribution >= 4 is 27.5 Å². The molecule has 2 aromatic heterocycles. The predicted molar refractivity (Wildman–Crippen MR) is 114 cm³/mol. The van der Waals surface area contributed by atoms with Gasteiger partial charge in [0.05, 0.1) is 11.9 Å². The van der Waals surface area contributed by atoms with Gasteiger partial charge in [0.2, 0.25) is 5.88 Å². The Balaban J connectivity index is 1.51. The third kappa shape index (κ3) is 4.73. The Morgan fingerprint density at radius 1 is 0.897 bits per heavy atom. The molecule has 0 aliphatic heterocycles. The van der Waals surface area contributed by atoms with Gasteiger partial charge in [-0.3, -0.25) is 4.79 Å². The molecule has 0 saturated carbocycles. The molecule has 1 amide bonds. The van der Waals surface area contributed by atoms with E-state index in [1.165, 1.54) is 0 Å². The zero-order valence-corrected chi connectivity index (χ0v) is 16.9. The van der Waals surface area contributed by atoms with Crippen LogP contribution in [0.5, 0.6) is 5.88 Å². The van der Waals surface area contributed by atoms with Crippen molar-refractivity contribution in [2.24, 2.45) is 0 Å². The lowest BCUT2D eigenvalue weighted by molar-refractivity contribution is 0.0995. The number of carbonyl (C=O) groups excluding carboxylic acids is 1. The first-order valence-electron chi connectivity index (χ1n) is 8.98. The van der Waals surface area contributed by atoms with Gasteiger partial charge in [-0.25, -0.2) is 4.98 Å². The number of hydrogen-bond donors (Lipinski definition) is 1. The van der Waals surface area contributed by atoms with Crippen LogP contribution in [0, 0.1) is 0 Å². The second-order valence-electron chi connectivity index (χ2n) is 6.26. The number of anilines is 1. The topological polar surface area (TPSA) is 64.4 Å². The normalized spacial score (nSPS) is 10.7.